The molecule has 0 spiro atoms. The number of para-hydroxylation sites is 1. The van der Waals surface area contributed by atoms with E-state index in [0.717, 1.165) is 11.3 Å². The summed E-state index contributed by atoms with van der Waals surface area (Å²) in [5, 5.41) is 2.98. The zero-order valence-corrected chi connectivity index (χ0v) is 28.6. The van der Waals surface area contributed by atoms with Gasteiger partial charge in [0.05, 0.1) is 30.0 Å². The minimum atomic E-state index is -0.794. The van der Waals surface area contributed by atoms with E-state index in [-0.39, 0.29) is 11.5 Å². The van der Waals surface area contributed by atoms with Crippen molar-refractivity contribution in [1.29, 1.82) is 0 Å². The van der Waals surface area contributed by atoms with Crippen LogP contribution in [0.15, 0.2) is 106 Å². The summed E-state index contributed by atoms with van der Waals surface area (Å²) < 4.78 is 19.4. The van der Waals surface area contributed by atoms with Crippen molar-refractivity contribution in [2.24, 2.45) is 4.99 Å². The van der Waals surface area contributed by atoms with Crippen LogP contribution in [-0.4, -0.2) is 24.7 Å². The number of rotatable bonds is 9. The fourth-order valence-corrected chi connectivity index (χ4v) is 7.12. The number of nitrogens with zero attached hydrogens (tertiary/aromatic N) is 2. The number of methoxy groups -OCH3 is 2. The highest BCUT2D eigenvalue weighted by Gasteiger charge is 2.34. The van der Waals surface area contributed by atoms with E-state index < -0.39 is 6.04 Å². The molecular weight excluding hydrogens is 623 g/mol. The largest absolute Gasteiger partial charge is 0.497 e. The molecule has 5 aromatic rings. The molecule has 0 saturated carbocycles. The molecule has 1 amide bonds. The maximum atomic E-state index is 14.2. The van der Waals surface area contributed by atoms with Gasteiger partial charge in [-0.2, -0.15) is 0 Å². The second-order valence-electron chi connectivity index (χ2n) is 11.7. The first-order valence-corrected chi connectivity index (χ1v) is 16.4. The Bertz CT molecular complexity index is 2190. The first kappa shape index (κ1) is 32.5. The number of hydrogen-bond acceptors (Lipinski definition) is 7. The fourth-order valence-electron chi connectivity index (χ4n) is 6.08. The molecule has 8 nitrogen and oxygen atoms in total. The Morgan fingerprint density at radius 2 is 1.58 bits per heavy atom. The highest BCUT2D eigenvalue weighted by molar-refractivity contribution is 7.07. The highest BCUT2D eigenvalue weighted by atomic mass is 32.1. The lowest BCUT2D eigenvalue weighted by Crippen LogP contribution is -2.40. The van der Waals surface area contributed by atoms with Gasteiger partial charge in [0, 0.05) is 17.3 Å². The van der Waals surface area contributed by atoms with Crippen LogP contribution in [0.1, 0.15) is 46.3 Å². The summed E-state index contributed by atoms with van der Waals surface area (Å²) in [5.74, 6) is 1.46. The zero-order chi connectivity index (χ0) is 33.9. The standard InChI is InChI=1S/C39H37N3O5S/c1-23-18-24(2)32(25(3)19-23)22-47-29-14-12-27(13-15-29)20-34-38(44)42-36(31-17-16-30(45-5)21-33(31)46-6)35(26(4)40-39(42)48-34)37(43)41-28-10-8-7-9-11-28/h7-21,36H,22H2,1-6H3,(H,41,43)/b34-20-/t36-/m1/s1. The third kappa shape index (κ3) is 6.55. The maximum Gasteiger partial charge on any atom is 0.271 e. The van der Waals surface area contributed by atoms with Crippen molar-refractivity contribution in [3.05, 3.63) is 149 Å². The molecule has 9 heteroatoms. The van der Waals surface area contributed by atoms with Crippen LogP contribution in [0.3, 0.4) is 0 Å². The number of anilines is 1. The number of fused-ring (bicyclic) bond motifs is 1. The zero-order valence-electron chi connectivity index (χ0n) is 27.8. The summed E-state index contributed by atoms with van der Waals surface area (Å²) in [5.41, 5.74) is 7.55. The van der Waals surface area contributed by atoms with Crippen molar-refractivity contribution in [2.45, 2.75) is 40.3 Å². The molecule has 1 aliphatic heterocycles. The molecule has 2 heterocycles. The molecule has 0 fully saturated rings. The summed E-state index contributed by atoms with van der Waals surface area (Å²) in [4.78, 5) is 33.4. The molecule has 1 aliphatic rings. The quantitative estimate of drug-likeness (QED) is 0.198. The number of aryl methyl sites for hydroxylation is 3. The van der Waals surface area contributed by atoms with Crippen LogP contribution in [0.5, 0.6) is 17.2 Å². The van der Waals surface area contributed by atoms with Gasteiger partial charge in [-0.3, -0.25) is 14.2 Å². The highest BCUT2D eigenvalue weighted by Crippen LogP contribution is 2.37. The van der Waals surface area contributed by atoms with E-state index in [4.69, 9.17) is 19.2 Å². The normalized spacial score (nSPS) is 14.3. The topological polar surface area (TPSA) is 91.2 Å². The fraction of sp³-hybridized carbons (Fsp3) is 0.205. The molecule has 0 saturated heterocycles. The van der Waals surface area contributed by atoms with E-state index in [1.54, 1.807) is 37.8 Å². The van der Waals surface area contributed by atoms with Gasteiger partial charge in [0.1, 0.15) is 29.9 Å². The number of aromatic nitrogens is 1. The van der Waals surface area contributed by atoms with Gasteiger partial charge in [0.25, 0.3) is 11.5 Å². The third-order valence-corrected chi connectivity index (χ3v) is 9.42. The SMILES string of the molecule is COc1ccc([C@@H]2C(C(=O)Nc3ccccc3)=C(C)N=c3s/c(=C\c4ccc(OCc5c(C)cc(C)cc5C)cc4)c(=O)n32)c(OC)c1. The number of nitrogens with one attached hydrogen (secondary N) is 1. The number of allylic oxidation sites excluding steroid dienone is 1. The molecule has 0 unspecified atom stereocenters. The number of ether oxygens (including phenoxy) is 3. The van der Waals surface area contributed by atoms with Crippen molar-refractivity contribution in [2.75, 3.05) is 19.5 Å². The van der Waals surface area contributed by atoms with Crippen LogP contribution in [0.4, 0.5) is 5.69 Å². The van der Waals surface area contributed by atoms with Crippen LogP contribution in [0.25, 0.3) is 6.08 Å². The van der Waals surface area contributed by atoms with E-state index in [0.29, 0.717) is 50.0 Å². The second kappa shape index (κ2) is 13.8. The summed E-state index contributed by atoms with van der Waals surface area (Å²) in [6, 6.07) is 25.8. The summed E-state index contributed by atoms with van der Waals surface area (Å²) >= 11 is 1.28. The summed E-state index contributed by atoms with van der Waals surface area (Å²) in [7, 11) is 3.13. The lowest BCUT2D eigenvalue weighted by atomic mass is 9.94. The Hall–Kier alpha value is -5.41. The number of benzene rings is 4. The third-order valence-electron chi connectivity index (χ3n) is 8.43. The van der Waals surface area contributed by atoms with Crippen LogP contribution < -0.4 is 34.4 Å². The van der Waals surface area contributed by atoms with Crippen LogP contribution in [-0.2, 0) is 11.4 Å². The van der Waals surface area contributed by atoms with Crippen LogP contribution in [0, 0.1) is 20.8 Å². The first-order chi connectivity index (χ1) is 23.2. The first-order valence-electron chi connectivity index (χ1n) is 15.6. The van der Waals surface area contributed by atoms with E-state index >= 15 is 0 Å². The number of amides is 1. The lowest BCUT2D eigenvalue weighted by molar-refractivity contribution is -0.113. The molecule has 4 aromatic carbocycles. The van der Waals surface area contributed by atoms with Gasteiger partial charge in [-0.15, -0.1) is 0 Å². The minimum absolute atomic E-state index is 0.259. The van der Waals surface area contributed by atoms with Gasteiger partial charge in [-0.05, 0) is 92.4 Å². The number of thiazole rings is 1. The molecular formula is C39H37N3O5S. The monoisotopic (exact) mass is 659 g/mol. The number of carbonyl (C=O) groups is 1. The van der Waals surface area contributed by atoms with E-state index in [1.165, 1.54) is 33.6 Å². The van der Waals surface area contributed by atoms with Gasteiger partial charge in [0.2, 0.25) is 0 Å². The minimum Gasteiger partial charge on any atom is -0.497 e. The maximum absolute atomic E-state index is 14.2. The molecule has 0 bridgehead atoms. The van der Waals surface area contributed by atoms with Gasteiger partial charge < -0.3 is 19.5 Å². The van der Waals surface area contributed by atoms with Crippen LogP contribution >= 0.6 is 11.3 Å². The van der Waals surface area contributed by atoms with Crippen molar-refractivity contribution < 1.29 is 19.0 Å². The predicted octanol–water partition coefficient (Wildman–Crippen LogP) is 6.40. The van der Waals surface area contributed by atoms with Gasteiger partial charge >= 0.3 is 0 Å². The number of carbonyl (C=O) groups excluding carboxylic acids is 1. The Morgan fingerprint density at radius 1 is 0.896 bits per heavy atom. The molecule has 0 aliphatic carbocycles. The van der Waals surface area contributed by atoms with E-state index in [9.17, 15) is 9.59 Å². The Morgan fingerprint density at radius 3 is 2.25 bits per heavy atom. The van der Waals surface area contributed by atoms with Crippen molar-refractivity contribution in [3.63, 3.8) is 0 Å². The van der Waals surface area contributed by atoms with Crippen molar-refractivity contribution in [1.82, 2.24) is 4.57 Å². The Labute approximate surface area is 283 Å². The molecule has 0 radical (unpaired) electrons. The average molecular weight is 660 g/mol. The predicted molar refractivity (Wildman–Crippen MR) is 190 cm³/mol. The van der Waals surface area contributed by atoms with Crippen LogP contribution in [0.2, 0.25) is 0 Å². The molecule has 6 rings (SSSR count). The Balaban J connectivity index is 1.37. The smallest absolute Gasteiger partial charge is 0.271 e. The van der Waals surface area contributed by atoms with Gasteiger partial charge in [0.15, 0.2) is 4.80 Å². The Kier molecular flexibility index (Phi) is 9.32. The average Bonchev–Trinajstić information content (AvgIpc) is 3.37. The van der Waals surface area contributed by atoms with Gasteiger partial charge in [-0.25, -0.2) is 4.99 Å². The molecule has 48 heavy (non-hydrogen) atoms. The second-order valence-corrected chi connectivity index (χ2v) is 12.8. The molecule has 1 N–H and O–H groups in total. The molecule has 1 atom stereocenters. The molecule has 244 valence electrons. The summed E-state index contributed by atoms with van der Waals surface area (Å²) in [6.45, 7) is 8.57. The van der Waals surface area contributed by atoms with Crippen molar-refractivity contribution in [3.8, 4) is 17.2 Å². The lowest BCUT2D eigenvalue weighted by Gasteiger charge is -2.26. The van der Waals surface area contributed by atoms with E-state index in [2.05, 4.69) is 38.2 Å². The van der Waals surface area contributed by atoms with Gasteiger partial charge in [-0.1, -0.05) is 59.4 Å². The van der Waals surface area contributed by atoms with E-state index in [1.807, 2.05) is 66.7 Å². The molecule has 1 aromatic heterocycles. The van der Waals surface area contributed by atoms with Crippen molar-refractivity contribution >= 4 is 29.0 Å². The summed E-state index contributed by atoms with van der Waals surface area (Å²) in [6.07, 6.45) is 1.84. The number of hydrogen-bond donors (Lipinski definition) is 1.